The zero-order valence-corrected chi connectivity index (χ0v) is 11.8. The molecule has 2 N–H and O–H groups in total. The van der Waals surface area contributed by atoms with Crippen LogP contribution in [-0.4, -0.2) is 31.2 Å². The molecule has 106 valence electrons. The van der Waals surface area contributed by atoms with Crippen molar-refractivity contribution in [2.45, 2.75) is 6.54 Å². The molecule has 0 saturated carbocycles. The maximum atomic E-state index is 5.98. The third-order valence-corrected chi connectivity index (χ3v) is 2.96. The van der Waals surface area contributed by atoms with Crippen molar-refractivity contribution in [1.29, 1.82) is 0 Å². The van der Waals surface area contributed by atoms with Gasteiger partial charge < -0.3 is 20.1 Å². The number of nitrogens with two attached hydrogens (primary N) is 1. The van der Waals surface area contributed by atoms with E-state index in [1.54, 1.807) is 7.11 Å². The average molecular weight is 274 g/mol. The van der Waals surface area contributed by atoms with E-state index in [0.29, 0.717) is 23.9 Å². The van der Waals surface area contributed by atoms with E-state index < -0.39 is 0 Å². The zero-order chi connectivity index (χ0) is 14.5. The van der Waals surface area contributed by atoms with Gasteiger partial charge in [-0.1, -0.05) is 12.1 Å². The molecule has 0 aliphatic heterocycles. The van der Waals surface area contributed by atoms with E-state index in [1.807, 2.05) is 36.2 Å². The summed E-state index contributed by atoms with van der Waals surface area (Å²) >= 11 is 0. The molecule has 2 aromatic rings. The first-order valence-electron chi connectivity index (χ1n) is 6.14. The number of methoxy groups -OCH3 is 2. The first-order valence-corrected chi connectivity index (χ1v) is 6.14. The lowest BCUT2D eigenvalue weighted by atomic mass is 10.2. The van der Waals surface area contributed by atoms with Crippen LogP contribution in [0, 0.1) is 0 Å². The minimum absolute atomic E-state index is 0.386. The Hall–Kier alpha value is -2.50. The summed E-state index contributed by atoms with van der Waals surface area (Å²) in [6, 6.07) is 7.86. The molecule has 0 aliphatic rings. The fraction of sp³-hybridized carbons (Fsp3) is 0.286. The van der Waals surface area contributed by atoms with Crippen molar-refractivity contribution in [1.82, 2.24) is 9.97 Å². The third-order valence-electron chi connectivity index (χ3n) is 2.96. The molecule has 0 atom stereocenters. The first kappa shape index (κ1) is 13.9. The van der Waals surface area contributed by atoms with Crippen LogP contribution in [0.25, 0.3) is 0 Å². The number of nitrogens with zero attached hydrogens (tertiary/aromatic N) is 3. The number of nitrogen functional groups attached to an aromatic ring is 1. The lowest BCUT2D eigenvalue weighted by Gasteiger charge is -2.20. The molecular formula is C14H18N4O2. The van der Waals surface area contributed by atoms with Crippen LogP contribution >= 0.6 is 0 Å². The van der Waals surface area contributed by atoms with Crippen molar-refractivity contribution in [2.75, 3.05) is 31.9 Å². The summed E-state index contributed by atoms with van der Waals surface area (Å²) in [4.78, 5) is 10.1. The number of rotatable bonds is 5. The molecule has 20 heavy (non-hydrogen) atoms. The minimum Gasteiger partial charge on any atom is -0.497 e. The molecule has 0 bridgehead atoms. The normalized spacial score (nSPS) is 10.2. The predicted molar refractivity (Wildman–Crippen MR) is 78.1 cm³/mol. The van der Waals surface area contributed by atoms with Crippen molar-refractivity contribution < 1.29 is 9.47 Å². The van der Waals surface area contributed by atoms with Gasteiger partial charge >= 0.3 is 0 Å². The first-order chi connectivity index (χ1) is 9.65. The number of benzene rings is 1. The van der Waals surface area contributed by atoms with Gasteiger partial charge in [-0.15, -0.1) is 0 Å². The van der Waals surface area contributed by atoms with Gasteiger partial charge in [-0.2, -0.15) is 4.98 Å². The van der Waals surface area contributed by atoms with E-state index in [4.69, 9.17) is 15.2 Å². The fourth-order valence-electron chi connectivity index (χ4n) is 1.92. The van der Waals surface area contributed by atoms with Crippen molar-refractivity contribution in [2.24, 2.45) is 0 Å². The summed E-state index contributed by atoms with van der Waals surface area (Å²) in [5, 5.41) is 0. The van der Waals surface area contributed by atoms with Gasteiger partial charge in [0.1, 0.15) is 17.8 Å². The van der Waals surface area contributed by atoms with E-state index in [2.05, 4.69) is 9.97 Å². The third kappa shape index (κ3) is 2.90. The van der Waals surface area contributed by atoms with Gasteiger partial charge in [0.15, 0.2) is 5.82 Å². The molecule has 0 aliphatic carbocycles. The topological polar surface area (TPSA) is 73.5 Å². The van der Waals surface area contributed by atoms with Crippen molar-refractivity contribution in [3.8, 4) is 11.6 Å². The van der Waals surface area contributed by atoms with Crippen molar-refractivity contribution >= 4 is 11.5 Å². The number of hydrogen-bond donors (Lipinski definition) is 1. The summed E-state index contributed by atoms with van der Waals surface area (Å²) in [6.07, 6.45) is 1.44. The van der Waals surface area contributed by atoms with Gasteiger partial charge in [0, 0.05) is 13.6 Å². The van der Waals surface area contributed by atoms with Gasteiger partial charge in [-0.05, 0) is 17.7 Å². The number of hydrogen-bond acceptors (Lipinski definition) is 6. The Kier molecular flexibility index (Phi) is 4.24. The summed E-state index contributed by atoms with van der Waals surface area (Å²) in [6.45, 7) is 0.675. The van der Waals surface area contributed by atoms with Crippen LogP contribution in [0.5, 0.6) is 11.6 Å². The summed E-state index contributed by atoms with van der Waals surface area (Å²) < 4.78 is 10.2. The molecule has 2 rings (SSSR count). The summed E-state index contributed by atoms with van der Waals surface area (Å²) in [7, 11) is 5.10. The maximum Gasteiger partial charge on any atom is 0.242 e. The van der Waals surface area contributed by atoms with Crippen LogP contribution in [0.2, 0.25) is 0 Å². The molecule has 0 amide bonds. The van der Waals surface area contributed by atoms with Crippen LogP contribution in [-0.2, 0) is 6.54 Å². The highest BCUT2D eigenvalue weighted by atomic mass is 16.5. The molecule has 6 heteroatoms. The Morgan fingerprint density at radius 2 is 1.80 bits per heavy atom. The largest absolute Gasteiger partial charge is 0.497 e. The zero-order valence-electron chi connectivity index (χ0n) is 11.8. The number of aromatic nitrogens is 2. The number of ether oxygens (including phenoxy) is 2. The maximum absolute atomic E-state index is 5.98. The van der Waals surface area contributed by atoms with E-state index >= 15 is 0 Å². The fourth-order valence-corrected chi connectivity index (χ4v) is 1.92. The lowest BCUT2D eigenvalue weighted by molar-refractivity contribution is 0.399. The Balaban J connectivity index is 2.16. The molecule has 1 aromatic carbocycles. The van der Waals surface area contributed by atoms with Gasteiger partial charge in [0.2, 0.25) is 5.88 Å². The van der Waals surface area contributed by atoms with E-state index in [1.165, 1.54) is 13.4 Å². The van der Waals surface area contributed by atoms with E-state index in [9.17, 15) is 0 Å². The van der Waals surface area contributed by atoms with Gasteiger partial charge in [-0.25, -0.2) is 4.98 Å². The van der Waals surface area contributed by atoms with Crippen LogP contribution in [0.4, 0.5) is 11.5 Å². The molecule has 0 fully saturated rings. The highest BCUT2D eigenvalue weighted by molar-refractivity contribution is 5.67. The number of anilines is 2. The molecule has 0 unspecified atom stereocenters. The molecule has 1 heterocycles. The molecule has 0 spiro atoms. The Labute approximate surface area is 118 Å². The van der Waals surface area contributed by atoms with Gasteiger partial charge in [0.05, 0.1) is 14.2 Å². The average Bonchev–Trinajstić information content (AvgIpc) is 2.48. The second-order valence-electron chi connectivity index (χ2n) is 4.32. The second kappa shape index (κ2) is 6.10. The van der Waals surface area contributed by atoms with Crippen LogP contribution in [0.1, 0.15) is 5.56 Å². The standard InChI is InChI=1S/C14H18N4O2/c1-18(8-10-4-6-11(19-2)7-5-10)13-12(15)14(20-3)17-9-16-13/h4-7,9H,8,15H2,1-3H3. The highest BCUT2D eigenvalue weighted by Crippen LogP contribution is 2.27. The van der Waals surface area contributed by atoms with Gasteiger partial charge in [-0.3, -0.25) is 0 Å². The van der Waals surface area contributed by atoms with Crippen molar-refractivity contribution in [3.63, 3.8) is 0 Å². The van der Waals surface area contributed by atoms with Crippen LogP contribution in [0.15, 0.2) is 30.6 Å². The van der Waals surface area contributed by atoms with E-state index in [-0.39, 0.29) is 0 Å². The monoisotopic (exact) mass is 274 g/mol. The predicted octanol–water partition coefficient (Wildman–Crippen LogP) is 1.71. The Morgan fingerprint density at radius 3 is 2.40 bits per heavy atom. The lowest BCUT2D eigenvalue weighted by Crippen LogP contribution is -2.19. The molecule has 0 saturated heterocycles. The van der Waals surface area contributed by atoms with E-state index in [0.717, 1.165) is 11.3 Å². The Bertz CT molecular complexity index is 572. The summed E-state index contributed by atoms with van der Waals surface area (Å²) in [5.41, 5.74) is 7.55. The highest BCUT2D eigenvalue weighted by Gasteiger charge is 2.12. The molecular weight excluding hydrogens is 256 g/mol. The SMILES string of the molecule is COc1ccc(CN(C)c2ncnc(OC)c2N)cc1. The van der Waals surface area contributed by atoms with Crippen LogP contribution < -0.4 is 20.1 Å². The van der Waals surface area contributed by atoms with Crippen LogP contribution in [0.3, 0.4) is 0 Å². The molecule has 0 radical (unpaired) electrons. The Morgan fingerprint density at radius 1 is 1.10 bits per heavy atom. The molecule has 6 nitrogen and oxygen atoms in total. The molecule has 1 aromatic heterocycles. The second-order valence-corrected chi connectivity index (χ2v) is 4.32. The van der Waals surface area contributed by atoms with Gasteiger partial charge in [0.25, 0.3) is 0 Å². The minimum atomic E-state index is 0.386. The summed E-state index contributed by atoms with van der Waals surface area (Å²) in [5.74, 6) is 1.86. The smallest absolute Gasteiger partial charge is 0.242 e. The van der Waals surface area contributed by atoms with Crippen molar-refractivity contribution in [3.05, 3.63) is 36.2 Å². The quantitative estimate of drug-likeness (QED) is 0.894.